The van der Waals surface area contributed by atoms with Crippen molar-refractivity contribution in [2.24, 2.45) is 5.92 Å². The molecule has 1 amide bonds. The van der Waals surface area contributed by atoms with Crippen LogP contribution in [-0.4, -0.2) is 50.8 Å². The third-order valence-corrected chi connectivity index (χ3v) is 6.54. The Morgan fingerprint density at radius 3 is 2.81 bits per heavy atom. The number of ether oxygens (including phenoxy) is 2. The van der Waals surface area contributed by atoms with Crippen molar-refractivity contribution in [3.63, 3.8) is 0 Å². The molecule has 1 aliphatic heterocycles. The van der Waals surface area contributed by atoms with Gasteiger partial charge in [-0.05, 0) is 44.6 Å². The number of quaternary nitrogens is 1. The van der Waals surface area contributed by atoms with E-state index >= 15 is 0 Å². The maximum Gasteiger partial charge on any atom is 0.341 e. The van der Waals surface area contributed by atoms with E-state index in [1.807, 2.05) is 6.92 Å². The van der Waals surface area contributed by atoms with Crippen LogP contribution in [0.1, 0.15) is 48.0 Å². The molecule has 1 fully saturated rings. The Labute approximate surface area is 158 Å². The minimum Gasteiger partial charge on any atom is -0.462 e. The van der Waals surface area contributed by atoms with Crippen LogP contribution >= 0.6 is 11.3 Å². The van der Waals surface area contributed by atoms with E-state index in [-0.39, 0.29) is 17.9 Å². The third kappa shape index (κ3) is 4.10. The number of thiophene rings is 1. The van der Waals surface area contributed by atoms with Crippen molar-refractivity contribution < 1.29 is 24.0 Å². The molecule has 2 N–H and O–H groups in total. The Morgan fingerprint density at radius 2 is 2.12 bits per heavy atom. The summed E-state index contributed by atoms with van der Waals surface area (Å²) in [5.74, 6) is 0.247. The minimum atomic E-state index is -0.318. The van der Waals surface area contributed by atoms with Gasteiger partial charge < -0.3 is 19.7 Å². The van der Waals surface area contributed by atoms with Gasteiger partial charge in [0.15, 0.2) is 6.04 Å². The van der Waals surface area contributed by atoms with Gasteiger partial charge in [0, 0.05) is 4.88 Å². The van der Waals surface area contributed by atoms with Gasteiger partial charge in [0.1, 0.15) is 18.1 Å². The third-order valence-electron chi connectivity index (χ3n) is 5.37. The summed E-state index contributed by atoms with van der Waals surface area (Å²) < 4.78 is 10.7. The summed E-state index contributed by atoms with van der Waals surface area (Å²) in [4.78, 5) is 27.8. The largest absolute Gasteiger partial charge is 0.462 e. The van der Waals surface area contributed by atoms with E-state index in [0.29, 0.717) is 36.3 Å². The van der Waals surface area contributed by atoms with Gasteiger partial charge in [-0.15, -0.1) is 11.3 Å². The topological polar surface area (TPSA) is 69.1 Å². The molecule has 1 aromatic rings. The van der Waals surface area contributed by atoms with E-state index in [4.69, 9.17) is 9.47 Å². The Balaban J connectivity index is 1.81. The SMILES string of the molecule is CCOC(=O)c1c(NC(=O)[C@@H](C)[NH+]2CCOCC2)sc2c1CC[C@H](C)C2. The van der Waals surface area contributed by atoms with Crippen molar-refractivity contribution in [3.05, 3.63) is 16.0 Å². The molecule has 0 saturated carbocycles. The summed E-state index contributed by atoms with van der Waals surface area (Å²) in [6, 6.07) is -0.174. The molecule has 26 heavy (non-hydrogen) atoms. The lowest BCUT2D eigenvalue weighted by Gasteiger charge is -2.28. The highest BCUT2D eigenvalue weighted by molar-refractivity contribution is 7.17. The number of carbonyl (C=O) groups is 2. The van der Waals surface area contributed by atoms with Gasteiger partial charge in [0.05, 0.1) is 25.4 Å². The number of carbonyl (C=O) groups excluding carboxylic acids is 2. The summed E-state index contributed by atoms with van der Waals surface area (Å²) in [5.41, 5.74) is 1.66. The molecule has 0 spiro atoms. The number of morpholine rings is 1. The maximum absolute atomic E-state index is 12.8. The van der Waals surface area contributed by atoms with Crippen LogP contribution < -0.4 is 10.2 Å². The van der Waals surface area contributed by atoms with E-state index < -0.39 is 0 Å². The van der Waals surface area contributed by atoms with Crippen molar-refractivity contribution in [3.8, 4) is 0 Å². The smallest absolute Gasteiger partial charge is 0.341 e. The first-order chi connectivity index (χ1) is 12.5. The molecule has 2 atom stereocenters. The second-order valence-electron chi connectivity index (χ2n) is 7.26. The highest BCUT2D eigenvalue weighted by atomic mass is 32.1. The molecule has 0 aromatic carbocycles. The fraction of sp³-hybridized carbons (Fsp3) is 0.684. The lowest BCUT2D eigenvalue weighted by atomic mass is 9.88. The predicted octanol–water partition coefficient (Wildman–Crippen LogP) is 1.29. The van der Waals surface area contributed by atoms with Crippen molar-refractivity contribution in [1.82, 2.24) is 0 Å². The first-order valence-corrected chi connectivity index (χ1v) is 10.4. The molecule has 0 bridgehead atoms. The summed E-state index contributed by atoms with van der Waals surface area (Å²) in [5, 5.41) is 3.70. The van der Waals surface area contributed by atoms with Gasteiger partial charge >= 0.3 is 5.97 Å². The van der Waals surface area contributed by atoms with E-state index in [2.05, 4.69) is 12.2 Å². The highest BCUT2D eigenvalue weighted by Gasteiger charge is 2.32. The number of rotatable bonds is 5. The Morgan fingerprint density at radius 1 is 1.38 bits per heavy atom. The van der Waals surface area contributed by atoms with Crippen molar-refractivity contribution >= 4 is 28.2 Å². The van der Waals surface area contributed by atoms with Crippen LogP contribution in [0, 0.1) is 5.92 Å². The normalized spacial score (nSPS) is 21.7. The molecular weight excluding hydrogens is 352 g/mol. The number of esters is 1. The fourth-order valence-corrected chi connectivity index (χ4v) is 5.13. The van der Waals surface area contributed by atoms with Crippen LogP contribution in [-0.2, 0) is 27.1 Å². The predicted molar refractivity (Wildman–Crippen MR) is 101 cm³/mol. The lowest BCUT2D eigenvalue weighted by molar-refractivity contribution is -0.921. The second-order valence-corrected chi connectivity index (χ2v) is 8.36. The number of anilines is 1. The molecule has 7 heteroatoms. The summed E-state index contributed by atoms with van der Waals surface area (Å²) in [7, 11) is 0. The van der Waals surface area contributed by atoms with Crippen LogP contribution in [0.25, 0.3) is 0 Å². The number of hydrogen-bond acceptors (Lipinski definition) is 5. The van der Waals surface area contributed by atoms with E-state index in [1.165, 1.54) is 9.78 Å². The standard InChI is InChI=1S/C19H28N2O4S/c1-4-25-19(23)16-14-6-5-12(2)11-15(14)26-18(16)20-17(22)13(3)21-7-9-24-10-8-21/h12-13H,4-11H2,1-3H3,(H,20,22)/p+1/t12-,13+/m0/s1. The molecule has 6 nitrogen and oxygen atoms in total. The second kappa shape index (κ2) is 8.50. The van der Waals surface area contributed by atoms with Crippen LogP contribution in [0.5, 0.6) is 0 Å². The van der Waals surface area contributed by atoms with E-state index in [0.717, 1.165) is 37.9 Å². The Hall–Kier alpha value is -1.44. The molecular formula is C19H29N2O4S+. The quantitative estimate of drug-likeness (QED) is 0.754. The van der Waals surface area contributed by atoms with Crippen LogP contribution in [0.15, 0.2) is 0 Å². The summed E-state index contributed by atoms with van der Waals surface area (Å²) in [6.45, 7) is 9.35. The van der Waals surface area contributed by atoms with Gasteiger partial charge in [-0.2, -0.15) is 0 Å². The number of amides is 1. The molecule has 1 aromatic heterocycles. The number of hydrogen-bond donors (Lipinski definition) is 2. The molecule has 1 aliphatic carbocycles. The zero-order chi connectivity index (χ0) is 18.7. The van der Waals surface area contributed by atoms with Gasteiger partial charge in [0.25, 0.3) is 5.91 Å². The van der Waals surface area contributed by atoms with Gasteiger partial charge in [-0.3, -0.25) is 4.79 Å². The lowest BCUT2D eigenvalue weighted by Crippen LogP contribution is -3.18. The highest BCUT2D eigenvalue weighted by Crippen LogP contribution is 2.40. The molecule has 144 valence electrons. The zero-order valence-corrected chi connectivity index (χ0v) is 16.7. The van der Waals surface area contributed by atoms with E-state index in [9.17, 15) is 9.59 Å². The number of nitrogens with one attached hydrogen (secondary N) is 2. The van der Waals surface area contributed by atoms with Gasteiger partial charge in [0.2, 0.25) is 0 Å². The molecule has 0 radical (unpaired) electrons. The van der Waals surface area contributed by atoms with Crippen molar-refractivity contribution in [2.75, 3.05) is 38.2 Å². The maximum atomic E-state index is 12.8. The van der Waals surface area contributed by atoms with Crippen LogP contribution in [0.2, 0.25) is 0 Å². The van der Waals surface area contributed by atoms with Crippen molar-refractivity contribution in [2.45, 2.75) is 46.1 Å². The monoisotopic (exact) mass is 381 g/mol. The average Bonchev–Trinajstić information content (AvgIpc) is 2.98. The minimum absolute atomic E-state index is 0.0425. The first kappa shape index (κ1) is 19.3. The average molecular weight is 382 g/mol. The van der Waals surface area contributed by atoms with Crippen LogP contribution in [0.4, 0.5) is 5.00 Å². The summed E-state index contributed by atoms with van der Waals surface area (Å²) >= 11 is 1.55. The van der Waals surface area contributed by atoms with Gasteiger partial charge in [-0.1, -0.05) is 6.92 Å². The fourth-order valence-electron chi connectivity index (χ4n) is 3.73. The van der Waals surface area contributed by atoms with Crippen molar-refractivity contribution in [1.29, 1.82) is 0 Å². The zero-order valence-electron chi connectivity index (χ0n) is 15.9. The molecule has 1 saturated heterocycles. The van der Waals surface area contributed by atoms with Gasteiger partial charge in [-0.25, -0.2) is 4.79 Å². The molecule has 2 heterocycles. The molecule has 3 rings (SSSR count). The molecule has 2 aliphatic rings. The summed E-state index contributed by atoms with van der Waals surface area (Å²) in [6.07, 6.45) is 2.91. The van der Waals surface area contributed by atoms with E-state index in [1.54, 1.807) is 18.3 Å². The Kier molecular flexibility index (Phi) is 6.32. The number of fused-ring (bicyclic) bond motifs is 1. The van der Waals surface area contributed by atoms with Crippen LogP contribution in [0.3, 0.4) is 0 Å². The molecule has 0 unspecified atom stereocenters. The Bertz CT molecular complexity index is 667. The first-order valence-electron chi connectivity index (χ1n) is 9.56.